The van der Waals surface area contributed by atoms with E-state index in [1.54, 1.807) is 0 Å². The fraction of sp³-hybridized carbons (Fsp3) is 0. The van der Waals surface area contributed by atoms with Crippen LogP contribution in [0.25, 0.3) is 93.2 Å². The van der Waals surface area contributed by atoms with Crippen molar-refractivity contribution in [2.24, 2.45) is 0 Å². The summed E-state index contributed by atoms with van der Waals surface area (Å²) >= 11 is 0. The highest BCUT2D eigenvalue weighted by Gasteiger charge is 2.20. The first-order valence-corrected chi connectivity index (χ1v) is 21.3. The maximum absolute atomic E-state index is 2.42. The van der Waals surface area contributed by atoms with Crippen molar-refractivity contribution in [1.29, 1.82) is 0 Å². The van der Waals surface area contributed by atoms with Crippen molar-refractivity contribution in [3.8, 4) is 39.1 Å². The number of fused-ring (bicyclic) bond motifs is 7. The van der Waals surface area contributed by atoms with E-state index in [1.807, 2.05) is 0 Å². The Balaban J connectivity index is 1.03. The fourth-order valence-electron chi connectivity index (χ4n) is 9.56. The lowest BCUT2D eigenvalue weighted by Crippen LogP contribution is -2.10. The maximum Gasteiger partial charge on any atom is 0.0547 e. The van der Waals surface area contributed by atoms with Crippen LogP contribution < -0.4 is 4.90 Å². The number of anilines is 3. The molecule has 0 bridgehead atoms. The molecule has 290 valence electrons. The molecule has 0 fully saturated rings. The summed E-state index contributed by atoms with van der Waals surface area (Å²) < 4.78 is 2.42. The van der Waals surface area contributed by atoms with Crippen LogP contribution >= 0.6 is 0 Å². The summed E-state index contributed by atoms with van der Waals surface area (Å²) in [5.41, 5.74) is 14.0. The molecule has 0 aliphatic heterocycles. The molecule has 11 aromatic carbocycles. The summed E-state index contributed by atoms with van der Waals surface area (Å²) in [4.78, 5) is 2.41. The Morgan fingerprint density at radius 2 is 0.855 bits per heavy atom. The Morgan fingerprint density at radius 3 is 1.66 bits per heavy atom. The van der Waals surface area contributed by atoms with Gasteiger partial charge in [0.1, 0.15) is 0 Å². The Labute approximate surface area is 360 Å². The first-order valence-electron chi connectivity index (χ1n) is 21.3. The molecule has 2 heteroatoms. The third kappa shape index (κ3) is 6.12. The van der Waals surface area contributed by atoms with Crippen LogP contribution in [0.4, 0.5) is 17.1 Å². The molecule has 0 saturated carbocycles. The first-order chi connectivity index (χ1) is 30.7. The Kier molecular flexibility index (Phi) is 8.53. The number of para-hydroxylation sites is 1. The normalized spacial score (nSPS) is 11.5. The smallest absolute Gasteiger partial charge is 0.0547 e. The van der Waals surface area contributed by atoms with Crippen LogP contribution in [0, 0.1) is 0 Å². The quantitative estimate of drug-likeness (QED) is 0.146. The van der Waals surface area contributed by atoms with E-state index in [4.69, 9.17) is 0 Å². The SMILES string of the molecule is c1ccc(-c2cccc(-c3ccc(N(c4cccc(-c5cccc6c5c5cc7ccccc7cc5n6-c5ccccc5)c4)c4ccc5c(ccc6ccccc65)c4)cc3)c2)cc1. The van der Waals surface area contributed by atoms with Gasteiger partial charge in [0.15, 0.2) is 0 Å². The van der Waals surface area contributed by atoms with Crippen molar-refractivity contribution in [3.05, 3.63) is 243 Å². The van der Waals surface area contributed by atoms with Crippen molar-refractivity contribution in [1.82, 2.24) is 4.57 Å². The van der Waals surface area contributed by atoms with E-state index < -0.39 is 0 Å². The number of hydrogen-bond donors (Lipinski definition) is 0. The summed E-state index contributed by atoms with van der Waals surface area (Å²) in [6, 6.07) is 88.5. The van der Waals surface area contributed by atoms with Gasteiger partial charge in [-0.1, -0.05) is 170 Å². The van der Waals surface area contributed by atoms with Crippen molar-refractivity contribution in [2.45, 2.75) is 0 Å². The average molecular weight is 789 g/mol. The lowest BCUT2D eigenvalue weighted by atomic mass is 9.97. The minimum atomic E-state index is 1.09. The van der Waals surface area contributed by atoms with E-state index >= 15 is 0 Å². The van der Waals surface area contributed by atoms with Gasteiger partial charge in [0, 0.05) is 33.5 Å². The van der Waals surface area contributed by atoms with Crippen LogP contribution in [-0.2, 0) is 0 Å². The molecule has 0 atom stereocenters. The minimum Gasteiger partial charge on any atom is -0.310 e. The highest BCUT2D eigenvalue weighted by atomic mass is 15.1. The number of hydrogen-bond acceptors (Lipinski definition) is 1. The second-order valence-electron chi connectivity index (χ2n) is 16.2. The third-order valence-corrected chi connectivity index (χ3v) is 12.5. The molecule has 0 spiro atoms. The Bertz CT molecular complexity index is 3620. The first kappa shape index (κ1) is 35.7. The number of aromatic nitrogens is 1. The van der Waals surface area contributed by atoms with Crippen LogP contribution in [0.2, 0.25) is 0 Å². The Morgan fingerprint density at radius 1 is 0.274 bits per heavy atom. The van der Waals surface area contributed by atoms with E-state index in [0.29, 0.717) is 0 Å². The summed E-state index contributed by atoms with van der Waals surface area (Å²) in [5, 5.41) is 9.95. The molecule has 0 aliphatic rings. The molecule has 12 rings (SSSR count). The zero-order chi connectivity index (χ0) is 41.0. The number of rotatable bonds is 7. The molecule has 1 heterocycles. The van der Waals surface area contributed by atoms with Gasteiger partial charge in [-0.05, 0) is 138 Å². The van der Waals surface area contributed by atoms with Crippen molar-refractivity contribution in [2.75, 3.05) is 4.90 Å². The second kappa shape index (κ2) is 14.8. The molecule has 0 aliphatic carbocycles. The Hall–Kier alpha value is -8.20. The van der Waals surface area contributed by atoms with Crippen LogP contribution in [0.15, 0.2) is 243 Å². The van der Waals surface area contributed by atoms with Gasteiger partial charge in [-0.15, -0.1) is 0 Å². The van der Waals surface area contributed by atoms with E-state index in [2.05, 4.69) is 252 Å². The topological polar surface area (TPSA) is 8.17 Å². The lowest BCUT2D eigenvalue weighted by molar-refractivity contribution is 1.18. The highest BCUT2D eigenvalue weighted by molar-refractivity contribution is 6.19. The highest BCUT2D eigenvalue weighted by Crippen LogP contribution is 2.43. The van der Waals surface area contributed by atoms with E-state index in [1.165, 1.54) is 87.5 Å². The van der Waals surface area contributed by atoms with Crippen molar-refractivity contribution in [3.63, 3.8) is 0 Å². The molecule has 62 heavy (non-hydrogen) atoms. The van der Waals surface area contributed by atoms with Gasteiger partial charge in [-0.25, -0.2) is 0 Å². The lowest BCUT2D eigenvalue weighted by Gasteiger charge is -2.27. The van der Waals surface area contributed by atoms with Gasteiger partial charge in [-0.2, -0.15) is 0 Å². The fourth-order valence-corrected chi connectivity index (χ4v) is 9.56. The van der Waals surface area contributed by atoms with Crippen LogP contribution in [0.1, 0.15) is 0 Å². The van der Waals surface area contributed by atoms with Crippen molar-refractivity contribution < 1.29 is 0 Å². The monoisotopic (exact) mass is 788 g/mol. The zero-order valence-electron chi connectivity index (χ0n) is 34.0. The summed E-state index contributed by atoms with van der Waals surface area (Å²) in [7, 11) is 0. The average Bonchev–Trinajstić information content (AvgIpc) is 3.67. The second-order valence-corrected chi connectivity index (χ2v) is 16.2. The van der Waals surface area contributed by atoms with E-state index in [0.717, 1.165) is 22.7 Å². The number of nitrogens with zero attached hydrogens (tertiary/aromatic N) is 2. The van der Waals surface area contributed by atoms with Gasteiger partial charge < -0.3 is 9.47 Å². The minimum absolute atomic E-state index is 1.09. The predicted molar refractivity (Wildman–Crippen MR) is 264 cm³/mol. The standard InChI is InChI=1S/C60H40N2/c1-3-14-41(15-4-1)44-19-11-20-45(36-44)42-30-32-51(33-31-42)61(53-34-35-55-49(38-53)29-28-43-16-9-10-25-54(43)55)52-24-12-21-48(37-52)56-26-13-27-58-60(56)57-39-46-17-7-8-18-47(46)40-59(57)62(58)50-22-5-2-6-23-50/h1-40H. The molecule has 0 N–H and O–H groups in total. The zero-order valence-corrected chi connectivity index (χ0v) is 34.0. The molecular weight excluding hydrogens is 749 g/mol. The molecule has 1 aromatic heterocycles. The molecule has 0 saturated heterocycles. The van der Waals surface area contributed by atoms with Gasteiger partial charge in [-0.3, -0.25) is 0 Å². The molecular formula is C60H40N2. The molecule has 12 aromatic rings. The molecule has 0 unspecified atom stereocenters. The van der Waals surface area contributed by atoms with Gasteiger partial charge in [0.05, 0.1) is 11.0 Å². The van der Waals surface area contributed by atoms with Crippen LogP contribution in [-0.4, -0.2) is 4.57 Å². The third-order valence-electron chi connectivity index (χ3n) is 12.5. The van der Waals surface area contributed by atoms with E-state index in [-0.39, 0.29) is 0 Å². The maximum atomic E-state index is 2.42. The van der Waals surface area contributed by atoms with Gasteiger partial charge in [0.25, 0.3) is 0 Å². The number of benzene rings is 11. The van der Waals surface area contributed by atoms with Gasteiger partial charge >= 0.3 is 0 Å². The van der Waals surface area contributed by atoms with Crippen molar-refractivity contribution >= 4 is 71.2 Å². The largest absolute Gasteiger partial charge is 0.310 e. The molecule has 0 radical (unpaired) electrons. The molecule has 2 nitrogen and oxygen atoms in total. The summed E-state index contributed by atoms with van der Waals surface area (Å²) in [6.07, 6.45) is 0. The van der Waals surface area contributed by atoms with Gasteiger partial charge in [0.2, 0.25) is 0 Å². The molecule has 0 amide bonds. The van der Waals surface area contributed by atoms with Crippen LogP contribution in [0.5, 0.6) is 0 Å². The summed E-state index contributed by atoms with van der Waals surface area (Å²) in [6.45, 7) is 0. The summed E-state index contributed by atoms with van der Waals surface area (Å²) in [5.74, 6) is 0. The predicted octanol–water partition coefficient (Wildman–Crippen LogP) is 16.7. The van der Waals surface area contributed by atoms with Crippen LogP contribution in [0.3, 0.4) is 0 Å². The van der Waals surface area contributed by atoms with E-state index in [9.17, 15) is 0 Å².